The zero-order valence-corrected chi connectivity index (χ0v) is 18.2. The average molecular weight is 418 g/mol. The van der Waals surface area contributed by atoms with E-state index in [1.165, 1.54) is 17.0 Å². The number of aromatic hydroxyl groups is 1. The van der Waals surface area contributed by atoms with E-state index in [1.807, 2.05) is 39.0 Å². The van der Waals surface area contributed by atoms with Crippen molar-refractivity contribution in [2.24, 2.45) is 0 Å². The third-order valence-electron chi connectivity index (χ3n) is 5.59. The molecule has 0 aliphatic rings. The Hall–Kier alpha value is -3.67. The van der Waals surface area contributed by atoms with E-state index in [2.05, 4.69) is 10.3 Å². The number of anilines is 2. The number of hydrogen-bond acceptors (Lipinski definition) is 4. The first kappa shape index (κ1) is 22.0. The van der Waals surface area contributed by atoms with Crippen molar-refractivity contribution in [2.45, 2.75) is 39.7 Å². The highest BCUT2D eigenvalue weighted by Gasteiger charge is 2.42. The minimum atomic E-state index is -1.21. The molecule has 31 heavy (non-hydrogen) atoms. The fraction of sp³-hybridized carbons (Fsp3) is 0.240. The molecule has 6 nitrogen and oxygen atoms in total. The number of hydrogen-bond donors (Lipinski definition) is 2. The van der Waals surface area contributed by atoms with Crippen LogP contribution in [-0.2, 0) is 4.79 Å². The lowest BCUT2D eigenvalue weighted by atomic mass is 9.92. The predicted octanol–water partition coefficient (Wildman–Crippen LogP) is 4.86. The molecule has 160 valence electrons. The zero-order chi connectivity index (χ0) is 22.6. The quantitative estimate of drug-likeness (QED) is 0.600. The highest BCUT2D eigenvalue weighted by molar-refractivity contribution is 6.13. The molecule has 0 aliphatic heterocycles. The number of aromatic nitrogens is 1. The zero-order valence-electron chi connectivity index (χ0n) is 18.2. The van der Waals surface area contributed by atoms with Gasteiger partial charge in [-0.15, -0.1) is 0 Å². The van der Waals surface area contributed by atoms with Gasteiger partial charge in [-0.05, 0) is 74.7 Å². The summed E-state index contributed by atoms with van der Waals surface area (Å²) in [6.45, 7) is 7.47. The molecule has 3 aromatic rings. The summed E-state index contributed by atoms with van der Waals surface area (Å²) in [7, 11) is 0. The Bertz CT molecular complexity index is 1060. The number of amides is 2. The first-order valence-corrected chi connectivity index (χ1v) is 10.2. The third-order valence-corrected chi connectivity index (χ3v) is 5.59. The molecule has 0 saturated carbocycles. The molecule has 0 bridgehead atoms. The van der Waals surface area contributed by atoms with Gasteiger partial charge in [-0.1, -0.05) is 31.2 Å². The van der Waals surface area contributed by atoms with Gasteiger partial charge in [0.25, 0.3) is 5.91 Å². The summed E-state index contributed by atoms with van der Waals surface area (Å²) in [5, 5.41) is 12.8. The molecule has 1 aromatic heterocycles. The molecule has 2 aromatic carbocycles. The highest BCUT2D eigenvalue weighted by atomic mass is 16.3. The molecular formula is C25H27N3O3. The van der Waals surface area contributed by atoms with Crippen molar-refractivity contribution >= 4 is 23.2 Å². The third kappa shape index (κ3) is 4.43. The number of benzene rings is 2. The summed E-state index contributed by atoms with van der Waals surface area (Å²) in [5.41, 5.74) is 2.14. The van der Waals surface area contributed by atoms with Crippen LogP contribution in [0.5, 0.6) is 5.75 Å². The number of pyridine rings is 1. The van der Waals surface area contributed by atoms with Crippen LogP contribution in [-0.4, -0.2) is 27.4 Å². The molecule has 0 fully saturated rings. The number of nitrogens with zero attached hydrogens (tertiary/aromatic N) is 2. The summed E-state index contributed by atoms with van der Waals surface area (Å²) in [6, 6.07) is 17.1. The van der Waals surface area contributed by atoms with Gasteiger partial charge in [-0.3, -0.25) is 19.5 Å². The predicted molar refractivity (Wildman–Crippen MR) is 122 cm³/mol. The number of aryl methyl sites for hydroxylation is 2. The Morgan fingerprint density at radius 1 is 1.00 bits per heavy atom. The number of rotatable bonds is 6. The average Bonchev–Trinajstić information content (AvgIpc) is 2.78. The number of nitrogens with one attached hydrogen (secondary N) is 1. The van der Waals surface area contributed by atoms with Gasteiger partial charge in [0, 0.05) is 17.6 Å². The molecule has 1 unspecified atom stereocenters. The molecule has 0 saturated heterocycles. The second kappa shape index (κ2) is 9.00. The van der Waals surface area contributed by atoms with Gasteiger partial charge < -0.3 is 10.4 Å². The van der Waals surface area contributed by atoms with Crippen LogP contribution in [0.3, 0.4) is 0 Å². The maximum atomic E-state index is 13.6. The van der Waals surface area contributed by atoms with Crippen molar-refractivity contribution in [2.75, 3.05) is 10.2 Å². The van der Waals surface area contributed by atoms with Crippen LogP contribution in [0.2, 0.25) is 0 Å². The normalized spacial score (nSPS) is 12.6. The van der Waals surface area contributed by atoms with E-state index in [9.17, 15) is 14.7 Å². The number of carbonyl (C=O) groups is 2. The van der Waals surface area contributed by atoms with E-state index >= 15 is 0 Å². The Kier molecular flexibility index (Phi) is 6.39. The lowest BCUT2D eigenvalue weighted by molar-refractivity contribution is -0.120. The SMILES string of the molecule is CCC(C)(C(=O)Nc1c(C)cccc1C)N(C(=O)c1ccccn1)c1ccc(O)cc1. The standard InChI is InChI=1S/C25H27N3O3/c1-5-25(4,24(31)27-22-17(2)9-8-10-18(22)3)28(19-12-14-20(29)15-13-19)23(30)21-11-6-7-16-26-21/h6-16,29H,5H2,1-4H3,(H,27,31). The lowest BCUT2D eigenvalue weighted by Gasteiger charge is -2.39. The fourth-order valence-electron chi connectivity index (χ4n) is 3.51. The second-order valence-electron chi connectivity index (χ2n) is 7.72. The van der Waals surface area contributed by atoms with Crippen LogP contribution >= 0.6 is 0 Å². The van der Waals surface area contributed by atoms with Gasteiger partial charge in [-0.2, -0.15) is 0 Å². The van der Waals surface area contributed by atoms with Crippen molar-refractivity contribution in [3.05, 3.63) is 83.7 Å². The van der Waals surface area contributed by atoms with Crippen LogP contribution in [0.25, 0.3) is 0 Å². The second-order valence-corrected chi connectivity index (χ2v) is 7.72. The smallest absolute Gasteiger partial charge is 0.277 e. The minimum absolute atomic E-state index is 0.0761. The largest absolute Gasteiger partial charge is 0.508 e. The van der Waals surface area contributed by atoms with Gasteiger partial charge in [0.1, 0.15) is 17.0 Å². The topological polar surface area (TPSA) is 82.5 Å². The maximum absolute atomic E-state index is 13.6. The van der Waals surface area contributed by atoms with Gasteiger partial charge in [0.15, 0.2) is 0 Å². The molecule has 0 radical (unpaired) electrons. The summed E-state index contributed by atoms with van der Waals surface area (Å²) >= 11 is 0. The summed E-state index contributed by atoms with van der Waals surface area (Å²) in [4.78, 5) is 32.8. The number of phenolic OH excluding ortho intramolecular Hbond substituents is 1. The Morgan fingerprint density at radius 3 is 2.19 bits per heavy atom. The summed E-state index contributed by atoms with van der Waals surface area (Å²) in [5.74, 6) is -0.621. The molecule has 0 aliphatic carbocycles. The first-order chi connectivity index (χ1) is 14.8. The number of phenols is 1. The van der Waals surface area contributed by atoms with E-state index in [0.29, 0.717) is 12.1 Å². The molecule has 6 heteroatoms. The van der Waals surface area contributed by atoms with Crippen molar-refractivity contribution < 1.29 is 14.7 Å². The van der Waals surface area contributed by atoms with Crippen LogP contribution in [0, 0.1) is 13.8 Å². The van der Waals surface area contributed by atoms with Crippen LogP contribution < -0.4 is 10.2 Å². The van der Waals surface area contributed by atoms with Crippen molar-refractivity contribution in [1.29, 1.82) is 0 Å². The van der Waals surface area contributed by atoms with E-state index in [0.717, 1.165) is 16.8 Å². The summed E-state index contributed by atoms with van der Waals surface area (Å²) < 4.78 is 0. The first-order valence-electron chi connectivity index (χ1n) is 10.2. The fourth-order valence-corrected chi connectivity index (χ4v) is 3.51. The lowest BCUT2D eigenvalue weighted by Crippen LogP contribution is -2.57. The van der Waals surface area contributed by atoms with Crippen molar-refractivity contribution in [3.63, 3.8) is 0 Å². The van der Waals surface area contributed by atoms with Gasteiger partial charge >= 0.3 is 0 Å². The molecule has 2 amide bonds. The molecular weight excluding hydrogens is 390 g/mol. The van der Waals surface area contributed by atoms with E-state index in [-0.39, 0.29) is 17.4 Å². The molecule has 3 rings (SSSR count). The van der Waals surface area contributed by atoms with Crippen molar-refractivity contribution in [1.82, 2.24) is 4.98 Å². The number of carbonyl (C=O) groups excluding carboxylic acids is 2. The Balaban J connectivity index is 2.08. The van der Waals surface area contributed by atoms with Crippen LogP contribution in [0.1, 0.15) is 41.9 Å². The van der Waals surface area contributed by atoms with Crippen LogP contribution in [0.15, 0.2) is 66.9 Å². The summed E-state index contributed by atoms with van der Waals surface area (Å²) in [6.07, 6.45) is 1.91. The highest BCUT2D eigenvalue weighted by Crippen LogP contribution is 2.32. The molecule has 1 heterocycles. The van der Waals surface area contributed by atoms with Crippen molar-refractivity contribution in [3.8, 4) is 5.75 Å². The van der Waals surface area contributed by atoms with E-state index < -0.39 is 11.4 Å². The minimum Gasteiger partial charge on any atom is -0.508 e. The molecule has 1 atom stereocenters. The Labute approximate surface area is 182 Å². The Morgan fingerprint density at radius 2 is 1.65 bits per heavy atom. The van der Waals surface area contributed by atoms with E-state index in [4.69, 9.17) is 0 Å². The van der Waals surface area contributed by atoms with Gasteiger partial charge in [0.05, 0.1) is 0 Å². The van der Waals surface area contributed by atoms with E-state index in [1.54, 1.807) is 43.5 Å². The molecule has 0 spiro atoms. The number of para-hydroxylation sites is 1. The van der Waals surface area contributed by atoms with Gasteiger partial charge in [-0.25, -0.2) is 0 Å². The van der Waals surface area contributed by atoms with Gasteiger partial charge in [0.2, 0.25) is 5.91 Å². The van der Waals surface area contributed by atoms with Crippen LogP contribution in [0.4, 0.5) is 11.4 Å². The monoisotopic (exact) mass is 417 g/mol. The maximum Gasteiger partial charge on any atom is 0.277 e. The molecule has 2 N–H and O–H groups in total.